The van der Waals surface area contributed by atoms with Gasteiger partial charge in [-0.25, -0.2) is 0 Å². The molecule has 0 saturated heterocycles. The molecular formula is C19H27NO4. The van der Waals surface area contributed by atoms with E-state index in [0.29, 0.717) is 29.2 Å². The van der Waals surface area contributed by atoms with Crippen molar-refractivity contribution in [2.24, 2.45) is 5.92 Å². The number of benzene rings is 1. The minimum absolute atomic E-state index is 0.121. The lowest BCUT2D eigenvalue weighted by atomic mass is 9.78. The minimum atomic E-state index is -0.980. The standard InChI is InChI=1S/C19H27NO4/c1-12(2)9-20-17(24)13-7-14(18(3,4)10-21)16(23)15(8-13)19(5,6)11-22/h7-8,10-12,23H,9H2,1-6H3,(H,20,24). The maximum Gasteiger partial charge on any atom is 0.251 e. The molecule has 1 aromatic rings. The number of rotatable bonds is 7. The van der Waals surface area contributed by atoms with Crippen LogP contribution in [0.2, 0.25) is 0 Å². The Bertz CT molecular complexity index is 604. The van der Waals surface area contributed by atoms with Crippen molar-refractivity contribution in [1.29, 1.82) is 0 Å². The first-order valence-electron chi connectivity index (χ1n) is 8.05. The van der Waals surface area contributed by atoms with Crippen molar-refractivity contribution in [3.8, 4) is 5.75 Å². The Morgan fingerprint density at radius 2 is 1.50 bits per heavy atom. The van der Waals surface area contributed by atoms with Gasteiger partial charge in [-0.2, -0.15) is 0 Å². The van der Waals surface area contributed by atoms with E-state index in [1.54, 1.807) is 27.7 Å². The lowest BCUT2D eigenvalue weighted by Gasteiger charge is -2.26. The topological polar surface area (TPSA) is 83.5 Å². The second-order valence-corrected chi connectivity index (χ2v) is 7.70. The Morgan fingerprint density at radius 3 is 1.83 bits per heavy atom. The van der Waals surface area contributed by atoms with Crippen LogP contribution in [0.25, 0.3) is 0 Å². The van der Waals surface area contributed by atoms with Gasteiger partial charge in [0.05, 0.1) is 0 Å². The van der Waals surface area contributed by atoms with E-state index >= 15 is 0 Å². The van der Waals surface area contributed by atoms with Gasteiger partial charge in [-0.3, -0.25) is 4.79 Å². The number of phenolic OH excluding ortho intramolecular Hbond substituents is 1. The fourth-order valence-electron chi connectivity index (χ4n) is 2.27. The van der Waals surface area contributed by atoms with Gasteiger partial charge in [0.25, 0.3) is 5.91 Å². The second-order valence-electron chi connectivity index (χ2n) is 7.70. The molecule has 24 heavy (non-hydrogen) atoms. The normalized spacial score (nSPS) is 12.1. The first-order chi connectivity index (χ1) is 11.0. The molecule has 0 spiro atoms. The molecule has 0 saturated carbocycles. The van der Waals surface area contributed by atoms with Gasteiger partial charge in [0.15, 0.2) is 0 Å². The van der Waals surface area contributed by atoms with E-state index in [0.717, 1.165) is 12.6 Å². The zero-order valence-corrected chi connectivity index (χ0v) is 15.3. The Morgan fingerprint density at radius 1 is 1.08 bits per heavy atom. The summed E-state index contributed by atoms with van der Waals surface area (Å²) in [5, 5.41) is 13.4. The van der Waals surface area contributed by atoms with Gasteiger partial charge in [0, 0.05) is 34.1 Å². The van der Waals surface area contributed by atoms with Gasteiger partial charge >= 0.3 is 0 Å². The van der Waals surface area contributed by atoms with Crippen LogP contribution in [0.15, 0.2) is 12.1 Å². The summed E-state index contributed by atoms with van der Waals surface area (Å²) >= 11 is 0. The van der Waals surface area contributed by atoms with Gasteiger partial charge in [-0.1, -0.05) is 13.8 Å². The summed E-state index contributed by atoms with van der Waals surface area (Å²) in [7, 11) is 0. The predicted molar refractivity (Wildman–Crippen MR) is 93.5 cm³/mol. The molecule has 0 fully saturated rings. The second kappa shape index (κ2) is 7.16. The Kier molecular flexibility index (Phi) is 5.93. The van der Waals surface area contributed by atoms with Crippen LogP contribution in [-0.4, -0.2) is 30.1 Å². The highest BCUT2D eigenvalue weighted by molar-refractivity contribution is 5.95. The van der Waals surface area contributed by atoms with Crippen LogP contribution in [0.4, 0.5) is 0 Å². The highest BCUT2D eigenvalue weighted by Crippen LogP contribution is 2.38. The Hall–Kier alpha value is -2.17. The lowest BCUT2D eigenvalue weighted by Crippen LogP contribution is -2.29. The third kappa shape index (κ3) is 4.22. The maximum absolute atomic E-state index is 12.4. The molecule has 132 valence electrons. The van der Waals surface area contributed by atoms with Gasteiger partial charge < -0.3 is 20.0 Å². The summed E-state index contributed by atoms with van der Waals surface area (Å²) in [6.07, 6.45) is 1.44. The first-order valence-corrected chi connectivity index (χ1v) is 8.05. The fraction of sp³-hybridized carbons (Fsp3) is 0.526. The third-order valence-corrected chi connectivity index (χ3v) is 4.02. The van der Waals surface area contributed by atoms with E-state index in [4.69, 9.17) is 0 Å². The van der Waals surface area contributed by atoms with E-state index in [9.17, 15) is 19.5 Å². The summed E-state index contributed by atoms with van der Waals surface area (Å²) in [6.45, 7) is 11.1. The zero-order valence-electron chi connectivity index (χ0n) is 15.3. The molecule has 1 amide bonds. The summed E-state index contributed by atoms with van der Waals surface area (Å²) in [4.78, 5) is 35.3. The smallest absolute Gasteiger partial charge is 0.251 e. The van der Waals surface area contributed by atoms with Crippen molar-refractivity contribution in [2.75, 3.05) is 6.54 Å². The van der Waals surface area contributed by atoms with Crippen LogP contribution in [-0.2, 0) is 20.4 Å². The number of aromatic hydroxyl groups is 1. The number of phenols is 1. The maximum atomic E-state index is 12.4. The average Bonchev–Trinajstić information content (AvgIpc) is 2.52. The molecule has 0 atom stereocenters. The predicted octanol–water partition coefficient (Wildman–Crippen LogP) is 2.73. The van der Waals surface area contributed by atoms with Crippen molar-refractivity contribution >= 4 is 18.5 Å². The van der Waals surface area contributed by atoms with E-state index in [2.05, 4.69) is 5.32 Å². The molecule has 0 unspecified atom stereocenters. The number of carbonyl (C=O) groups excluding carboxylic acids is 3. The van der Waals surface area contributed by atoms with Gasteiger partial charge in [0.1, 0.15) is 18.3 Å². The van der Waals surface area contributed by atoms with Crippen molar-refractivity contribution in [3.63, 3.8) is 0 Å². The summed E-state index contributed by atoms with van der Waals surface area (Å²) in [5.74, 6) is -0.123. The lowest BCUT2D eigenvalue weighted by molar-refractivity contribution is -0.112. The van der Waals surface area contributed by atoms with Crippen LogP contribution in [0, 0.1) is 5.92 Å². The number of carbonyl (C=O) groups is 3. The molecule has 0 aromatic heterocycles. The van der Waals surface area contributed by atoms with E-state index in [-0.39, 0.29) is 11.7 Å². The molecule has 1 rings (SSSR count). The molecule has 2 N–H and O–H groups in total. The quantitative estimate of drug-likeness (QED) is 0.752. The molecule has 0 radical (unpaired) electrons. The Labute approximate surface area is 143 Å². The van der Waals surface area contributed by atoms with Crippen molar-refractivity contribution in [1.82, 2.24) is 5.32 Å². The molecule has 5 nitrogen and oxygen atoms in total. The van der Waals surface area contributed by atoms with Crippen LogP contribution < -0.4 is 5.32 Å². The molecule has 5 heteroatoms. The number of aldehydes is 2. The largest absolute Gasteiger partial charge is 0.507 e. The number of hydrogen-bond donors (Lipinski definition) is 2. The molecule has 0 aliphatic heterocycles. The highest BCUT2D eigenvalue weighted by Gasteiger charge is 2.32. The highest BCUT2D eigenvalue weighted by atomic mass is 16.3. The summed E-state index contributed by atoms with van der Waals surface area (Å²) < 4.78 is 0. The zero-order chi connectivity index (χ0) is 18.7. The van der Waals surface area contributed by atoms with Crippen LogP contribution >= 0.6 is 0 Å². The SMILES string of the molecule is CC(C)CNC(=O)c1cc(C(C)(C)C=O)c(O)c(C(C)(C)C=O)c1. The number of amides is 1. The van der Waals surface area contributed by atoms with Crippen molar-refractivity contribution in [3.05, 3.63) is 28.8 Å². The van der Waals surface area contributed by atoms with E-state index in [1.165, 1.54) is 12.1 Å². The molecular weight excluding hydrogens is 306 g/mol. The van der Waals surface area contributed by atoms with Gasteiger partial charge in [-0.15, -0.1) is 0 Å². The minimum Gasteiger partial charge on any atom is -0.507 e. The van der Waals surface area contributed by atoms with Crippen LogP contribution in [0.3, 0.4) is 0 Å². The third-order valence-electron chi connectivity index (χ3n) is 4.02. The number of nitrogens with one attached hydrogen (secondary N) is 1. The molecule has 0 aliphatic rings. The van der Waals surface area contributed by atoms with E-state index in [1.807, 2.05) is 13.8 Å². The molecule has 0 aliphatic carbocycles. The van der Waals surface area contributed by atoms with Crippen molar-refractivity contribution in [2.45, 2.75) is 52.4 Å². The molecule has 0 heterocycles. The molecule has 0 bridgehead atoms. The van der Waals surface area contributed by atoms with Gasteiger partial charge in [0.2, 0.25) is 0 Å². The van der Waals surface area contributed by atoms with Gasteiger partial charge in [-0.05, 0) is 45.7 Å². The summed E-state index contributed by atoms with van der Waals surface area (Å²) in [5.41, 5.74) is -0.972. The average molecular weight is 333 g/mol. The Balaban J connectivity index is 3.54. The number of hydrogen-bond acceptors (Lipinski definition) is 4. The van der Waals surface area contributed by atoms with Crippen LogP contribution in [0.5, 0.6) is 5.75 Å². The summed E-state index contributed by atoms with van der Waals surface area (Å²) in [6, 6.07) is 3.04. The molecule has 1 aromatic carbocycles. The monoisotopic (exact) mass is 333 g/mol. The van der Waals surface area contributed by atoms with Crippen molar-refractivity contribution < 1.29 is 19.5 Å². The van der Waals surface area contributed by atoms with Crippen LogP contribution in [0.1, 0.15) is 63.0 Å². The van der Waals surface area contributed by atoms with E-state index < -0.39 is 10.8 Å². The fourth-order valence-corrected chi connectivity index (χ4v) is 2.27. The first kappa shape index (κ1) is 19.9.